The van der Waals surface area contributed by atoms with E-state index in [0.717, 1.165) is 35.5 Å². The third kappa shape index (κ3) is 4.01. The number of hydrogen-bond donors (Lipinski definition) is 1. The number of carbonyl (C=O) groups is 1. The van der Waals surface area contributed by atoms with Crippen LogP contribution in [0.1, 0.15) is 46.1 Å². The maximum atomic E-state index is 13.9. The molecule has 5 nitrogen and oxygen atoms in total. The largest absolute Gasteiger partial charge is 0.497 e. The van der Waals surface area contributed by atoms with E-state index in [9.17, 15) is 4.79 Å². The highest BCUT2D eigenvalue weighted by Gasteiger charge is 2.36. The van der Waals surface area contributed by atoms with Crippen molar-refractivity contribution in [2.75, 3.05) is 12.4 Å². The van der Waals surface area contributed by atoms with E-state index in [1.807, 2.05) is 40.5 Å². The molecule has 2 aromatic heterocycles. The van der Waals surface area contributed by atoms with Crippen molar-refractivity contribution < 1.29 is 9.53 Å². The topological polar surface area (TPSA) is 46.5 Å². The molecule has 1 aliphatic carbocycles. The van der Waals surface area contributed by atoms with Gasteiger partial charge < -0.3 is 19.5 Å². The second kappa shape index (κ2) is 9.10. The first kappa shape index (κ1) is 22.3. The number of hydrogen-bond acceptors (Lipinski definition) is 3. The average Bonchev–Trinajstić information content (AvgIpc) is 3.47. The molecule has 35 heavy (non-hydrogen) atoms. The van der Waals surface area contributed by atoms with Gasteiger partial charge in [-0.3, -0.25) is 0 Å². The Morgan fingerprint density at radius 2 is 1.80 bits per heavy atom. The Morgan fingerprint density at radius 3 is 2.57 bits per heavy atom. The zero-order valence-electron chi connectivity index (χ0n) is 19.5. The summed E-state index contributed by atoms with van der Waals surface area (Å²) in [5.41, 5.74) is 5.57. The molecule has 2 amide bonds. The Hall–Kier alpha value is -3.22. The standard InChI is InChI=1S/C28H26ClN3O2S/c1-34-21-14-8-18(9-15-21)26-24-6-4-16-31(24)27-23(22-5-2-3-7-25(22)35-27)17-32(26)28(33)30-20-12-10-19(29)11-13-20/h4,6,8-16,26H,2-3,5,7,17H2,1H3,(H,30,33)/t26-/m1/s1. The van der Waals surface area contributed by atoms with Crippen molar-refractivity contribution in [1.82, 2.24) is 9.47 Å². The molecule has 2 aliphatic rings. The van der Waals surface area contributed by atoms with E-state index >= 15 is 0 Å². The number of urea groups is 1. The molecule has 0 unspecified atom stereocenters. The van der Waals surface area contributed by atoms with E-state index in [4.69, 9.17) is 16.3 Å². The van der Waals surface area contributed by atoms with Gasteiger partial charge in [-0.15, -0.1) is 11.3 Å². The second-order valence-electron chi connectivity index (χ2n) is 9.04. The van der Waals surface area contributed by atoms with Crippen LogP contribution in [-0.4, -0.2) is 22.6 Å². The molecule has 0 spiro atoms. The van der Waals surface area contributed by atoms with Crippen molar-refractivity contribution in [3.8, 4) is 10.8 Å². The number of nitrogens with one attached hydrogen (secondary N) is 1. The summed E-state index contributed by atoms with van der Waals surface area (Å²) in [6.07, 6.45) is 6.78. The number of anilines is 1. The van der Waals surface area contributed by atoms with Crippen LogP contribution in [0.3, 0.4) is 0 Å². The van der Waals surface area contributed by atoms with Gasteiger partial charge in [-0.05, 0) is 85.3 Å². The molecule has 2 aromatic carbocycles. The number of ether oxygens (including phenoxy) is 1. The number of halogens is 1. The molecule has 3 heterocycles. The molecule has 7 heteroatoms. The molecule has 1 N–H and O–H groups in total. The molecule has 0 fully saturated rings. The van der Waals surface area contributed by atoms with Crippen LogP contribution in [0.5, 0.6) is 5.75 Å². The number of thiophene rings is 1. The maximum Gasteiger partial charge on any atom is 0.322 e. The minimum atomic E-state index is -0.248. The van der Waals surface area contributed by atoms with Crippen LogP contribution in [0.25, 0.3) is 5.00 Å². The number of benzene rings is 2. The molecule has 0 saturated heterocycles. The van der Waals surface area contributed by atoms with Gasteiger partial charge in [0.15, 0.2) is 0 Å². The summed E-state index contributed by atoms with van der Waals surface area (Å²) in [6.45, 7) is 0.555. The lowest BCUT2D eigenvalue weighted by atomic mass is 9.95. The lowest BCUT2D eigenvalue weighted by molar-refractivity contribution is 0.194. The molecule has 4 aromatic rings. The first-order valence-corrected chi connectivity index (χ1v) is 13.1. The van der Waals surface area contributed by atoms with Crippen molar-refractivity contribution in [2.24, 2.45) is 0 Å². The van der Waals surface area contributed by atoms with Gasteiger partial charge in [-0.1, -0.05) is 23.7 Å². The molecule has 1 atom stereocenters. The molecule has 0 saturated carbocycles. The van der Waals surface area contributed by atoms with Crippen molar-refractivity contribution in [2.45, 2.75) is 38.3 Å². The first-order chi connectivity index (χ1) is 17.1. The Bertz CT molecular complexity index is 1370. The van der Waals surface area contributed by atoms with Crippen LogP contribution in [0, 0.1) is 0 Å². The molecule has 0 bridgehead atoms. The van der Waals surface area contributed by atoms with Crippen LogP contribution in [0.4, 0.5) is 10.5 Å². The number of aromatic nitrogens is 1. The fourth-order valence-corrected chi connectivity index (χ4v) is 6.78. The predicted molar refractivity (Wildman–Crippen MR) is 141 cm³/mol. The van der Waals surface area contributed by atoms with Crippen LogP contribution < -0.4 is 10.1 Å². The summed E-state index contributed by atoms with van der Waals surface area (Å²) < 4.78 is 7.69. The highest BCUT2D eigenvalue weighted by atomic mass is 35.5. The van der Waals surface area contributed by atoms with E-state index in [1.54, 1.807) is 19.2 Å². The Labute approximate surface area is 213 Å². The van der Waals surface area contributed by atoms with Gasteiger partial charge >= 0.3 is 6.03 Å². The monoisotopic (exact) mass is 503 g/mol. The summed E-state index contributed by atoms with van der Waals surface area (Å²) in [4.78, 5) is 17.3. The van der Waals surface area contributed by atoms with E-state index in [-0.39, 0.29) is 12.1 Å². The Balaban J connectivity index is 1.48. The maximum absolute atomic E-state index is 13.9. The molecular weight excluding hydrogens is 478 g/mol. The number of carbonyl (C=O) groups excluding carboxylic acids is 1. The summed E-state index contributed by atoms with van der Waals surface area (Å²) in [5.74, 6) is 0.795. The summed E-state index contributed by atoms with van der Waals surface area (Å²) >= 11 is 7.96. The SMILES string of the molecule is COc1ccc([C@@H]2c3cccn3-c3sc4c(c3CN2C(=O)Nc2ccc(Cl)cc2)CCCC4)cc1. The van der Waals surface area contributed by atoms with Crippen LogP contribution in [0.15, 0.2) is 66.9 Å². The van der Waals surface area contributed by atoms with Gasteiger partial charge in [0.1, 0.15) is 10.8 Å². The van der Waals surface area contributed by atoms with Crippen LogP contribution in [-0.2, 0) is 19.4 Å². The second-order valence-corrected chi connectivity index (χ2v) is 10.6. The number of nitrogens with zero attached hydrogens (tertiary/aromatic N) is 2. The van der Waals surface area contributed by atoms with Gasteiger partial charge in [-0.2, -0.15) is 0 Å². The fourth-order valence-electron chi connectivity index (χ4n) is 5.25. The van der Waals surface area contributed by atoms with Crippen molar-refractivity contribution >= 4 is 34.7 Å². The van der Waals surface area contributed by atoms with E-state index < -0.39 is 0 Å². The molecule has 6 rings (SSSR count). The van der Waals surface area contributed by atoms with Crippen LogP contribution in [0.2, 0.25) is 5.02 Å². The van der Waals surface area contributed by atoms with E-state index in [2.05, 4.69) is 40.3 Å². The molecule has 1 aliphatic heterocycles. The highest BCUT2D eigenvalue weighted by Crippen LogP contribution is 2.44. The van der Waals surface area contributed by atoms with Gasteiger partial charge in [0, 0.05) is 27.3 Å². The zero-order chi connectivity index (χ0) is 23.9. The number of methoxy groups -OCH3 is 1. The molecular formula is C28H26ClN3O2S. The third-order valence-electron chi connectivity index (χ3n) is 6.97. The van der Waals surface area contributed by atoms with E-state index in [1.165, 1.54) is 33.8 Å². The first-order valence-electron chi connectivity index (χ1n) is 11.9. The predicted octanol–water partition coefficient (Wildman–Crippen LogP) is 7.22. The van der Waals surface area contributed by atoms with Crippen molar-refractivity contribution in [3.63, 3.8) is 0 Å². The Kier molecular flexibility index (Phi) is 5.78. The average molecular weight is 504 g/mol. The van der Waals surface area contributed by atoms with Gasteiger partial charge in [-0.25, -0.2) is 4.79 Å². The summed E-state index contributed by atoms with van der Waals surface area (Å²) in [6, 6.07) is 19.1. The number of rotatable bonds is 3. The van der Waals surface area contributed by atoms with E-state index in [0.29, 0.717) is 11.6 Å². The quantitative estimate of drug-likeness (QED) is 0.321. The Morgan fingerprint density at radius 1 is 1.03 bits per heavy atom. The summed E-state index contributed by atoms with van der Waals surface area (Å²) in [7, 11) is 1.67. The minimum absolute atomic E-state index is 0.135. The van der Waals surface area contributed by atoms with Gasteiger partial charge in [0.2, 0.25) is 0 Å². The normalized spacial score (nSPS) is 16.6. The minimum Gasteiger partial charge on any atom is -0.497 e. The zero-order valence-corrected chi connectivity index (χ0v) is 21.0. The number of fused-ring (bicyclic) bond motifs is 5. The lowest BCUT2D eigenvalue weighted by Crippen LogP contribution is -2.38. The smallest absolute Gasteiger partial charge is 0.322 e. The van der Waals surface area contributed by atoms with Crippen LogP contribution >= 0.6 is 22.9 Å². The molecule has 0 radical (unpaired) electrons. The number of amides is 2. The fraction of sp³-hybridized carbons (Fsp3) is 0.250. The van der Waals surface area contributed by atoms with Gasteiger partial charge in [0.25, 0.3) is 0 Å². The summed E-state index contributed by atoms with van der Waals surface area (Å²) in [5, 5.41) is 5.00. The molecule has 178 valence electrons. The lowest BCUT2D eigenvalue weighted by Gasteiger charge is -2.31. The van der Waals surface area contributed by atoms with Crippen molar-refractivity contribution in [3.05, 3.63) is 99.1 Å². The van der Waals surface area contributed by atoms with Gasteiger partial charge in [0.05, 0.1) is 25.4 Å². The third-order valence-corrected chi connectivity index (χ3v) is 8.55. The highest BCUT2D eigenvalue weighted by molar-refractivity contribution is 7.15. The number of aryl methyl sites for hydroxylation is 1. The van der Waals surface area contributed by atoms with Crippen molar-refractivity contribution in [1.29, 1.82) is 0 Å².